The van der Waals surface area contributed by atoms with Crippen LogP contribution in [0.3, 0.4) is 0 Å². The maximum absolute atomic E-state index is 12.9. The Balaban J connectivity index is 1.82. The maximum atomic E-state index is 12.9. The summed E-state index contributed by atoms with van der Waals surface area (Å²) in [6.07, 6.45) is 3.26. The lowest BCUT2D eigenvalue weighted by atomic mass is 10.2. The van der Waals surface area contributed by atoms with Crippen molar-refractivity contribution in [1.29, 1.82) is 0 Å². The highest BCUT2D eigenvalue weighted by molar-refractivity contribution is 7.89. The number of ether oxygens (including phenoxy) is 1. The van der Waals surface area contributed by atoms with Crippen LogP contribution in [-0.2, 0) is 23.6 Å². The zero-order valence-electron chi connectivity index (χ0n) is 15.9. The van der Waals surface area contributed by atoms with Crippen molar-refractivity contribution in [3.63, 3.8) is 0 Å². The molecule has 0 bridgehead atoms. The second kappa shape index (κ2) is 7.74. The molecule has 0 unspecified atom stereocenters. The fourth-order valence-corrected chi connectivity index (χ4v) is 4.91. The topological polar surface area (TPSA) is 71.8 Å². The Bertz CT molecular complexity index is 930. The molecule has 1 fully saturated rings. The smallest absolute Gasteiger partial charge is 0.270 e. The summed E-state index contributed by atoms with van der Waals surface area (Å²) in [4.78, 5) is 14.6. The lowest BCUT2D eigenvalue weighted by Crippen LogP contribution is -2.28. The zero-order chi connectivity index (χ0) is 19.6. The molecule has 3 rings (SSSR count). The van der Waals surface area contributed by atoms with Crippen LogP contribution in [0, 0.1) is 0 Å². The summed E-state index contributed by atoms with van der Waals surface area (Å²) < 4.78 is 33.9. The molecule has 1 aliphatic heterocycles. The minimum Gasteiger partial charge on any atom is -0.496 e. The van der Waals surface area contributed by atoms with Crippen LogP contribution in [0.1, 0.15) is 28.9 Å². The standard InChI is InChI=1S/C19H25N3O4S/c1-20-14-16(27(24,25)22-10-6-7-11-22)12-17(20)19(23)21(2)13-15-8-4-5-9-18(15)26-3/h4-5,8-9,12,14H,6-7,10-11,13H2,1-3H3. The number of hydrogen-bond donors (Lipinski definition) is 0. The molecule has 0 radical (unpaired) electrons. The van der Waals surface area contributed by atoms with Crippen LogP contribution in [0.4, 0.5) is 0 Å². The lowest BCUT2D eigenvalue weighted by Gasteiger charge is -2.19. The first-order chi connectivity index (χ1) is 12.8. The van der Waals surface area contributed by atoms with Crippen LogP contribution >= 0.6 is 0 Å². The molecule has 27 heavy (non-hydrogen) atoms. The number of rotatable bonds is 6. The number of nitrogens with zero attached hydrogens (tertiary/aromatic N) is 3. The maximum Gasteiger partial charge on any atom is 0.270 e. The van der Waals surface area contributed by atoms with E-state index in [1.165, 1.54) is 16.6 Å². The lowest BCUT2D eigenvalue weighted by molar-refractivity contribution is 0.0774. The molecule has 0 spiro atoms. The van der Waals surface area contributed by atoms with Gasteiger partial charge in [-0.15, -0.1) is 0 Å². The van der Waals surface area contributed by atoms with Gasteiger partial charge in [0.05, 0.1) is 7.11 Å². The molecule has 1 aromatic heterocycles. The van der Waals surface area contributed by atoms with Crippen LogP contribution in [0.25, 0.3) is 0 Å². The van der Waals surface area contributed by atoms with Gasteiger partial charge in [-0.25, -0.2) is 8.42 Å². The highest BCUT2D eigenvalue weighted by atomic mass is 32.2. The van der Waals surface area contributed by atoms with Gasteiger partial charge in [0.1, 0.15) is 16.3 Å². The highest BCUT2D eigenvalue weighted by Crippen LogP contribution is 2.24. The first-order valence-electron chi connectivity index (χ1n) is 8.88. The summed E-state index contributed by atoms with van der Waals surface area (Å²) in [5.74, 6) is 0.465. The van der Waals surface area contributed by atoms with Gasteiger partial charge in [0, 0.05) is 45.5 Å². The molecule has 0 aliphatic carbocycles. The van der Waals surface area contributed by atoms with E-state index in [1.54, 1.807) is 30.7 Å². The summed E-state index contributed by atoms with van der Waals surface area (Å²) in [5.41, 5.74) is 1.22. The third-order valence-corrected chi connectivity index (χ3v) is 6.71. The molecular formula is C19H25N3O4S. The van der Waals surface area contributed by atoms with E-state index < -0.39 is 10.0 Å². The number of benzene rings is 1. The van der Waals surface area contributed by atoms with E-state index in [-0.39, 0.29) is 10.8 Å². The number of carbonyl (C=O) groups excluding carboxylic acids is 1. The average molecular weight is 391 g/mol. The van der Waals surface area contributed by atoms with Crippen LogP contribution in [-0.4, -0.2) is 55.3 Å². The van der Waals surface area contributed by atoms with E-state index in [0.717, 1.165) is 18.4 Å². The first kappa shape index (κ1) is 19.4. The average Bonchev–Trinajstić information content (AvgIpc) is 3.32. The van der Waals surface area contributed by atoms with Gasteiger partial charge in [-0.3, -0.25) is 4.79 Å². The van der Waals surface area contributed by atoms with Crippen molar-refractivity contribution < 1.29 is 17.9 Å². The van der Waals surface area contributed by atoms with Crippen LogP contribution in [0.5, 0.6) is 5.75 Å². The van der Waals surface area contributed by atoms with Crippen LogP contribution in [0.15, 0.2) is 41.4 Å². The van der Waals surface area contributed by atoms with Crippen molar-refractivity contribution >= 4 is 15.9 Å². The SMILES string of the molecule is COc1ccccc1CN(C)C(=O)c1cc(S(=O)(=O)N2CCCC2)cn1C. The van der Waals surface area contributed by atoms with Crippen molar-refractivity contribution in [1.82, 2.24) is 13.8 Å². The molecule has 8 heteroatoms. The molecule has 146 valence electrons. The van der Waals surface area contributed by atoms with Crippen molar-refractivity contribution in [2.75, 3.05) is 27.2 Å². The van der Waals surface area contributed by atoms with Gasteiger partial charge in [0.25, 0.3) is 5.91 Å². The number of aromatic nitrogens is 1. The molecular weight excluding hydrogens is 366 g/mol. The van der Waals surface area contributed by atoms with Gasteiger partial charge in [0.15, 0.2) is 0 Å². The van der Waals surface area contributed by atoms with Crippen molar-refractivity contribution in [3.05, 3.63) is 47.8 Å². The van der Waals surface area contributed by atoms with Crippen LogP contribution in [0.2, 0.25) is 0 Å². The molecule has 2 aromatic rings. The second-order valence-electron chi connectivity index (χ2n) is 6.76. The number of amides is 1. The highest BCUT2D eigenvalue weighted by Gasteiger charge is 2.30. The molecule has 0 atom stereocenters. The molecule has 1 saturated heterocycles. The summed E-state index contributed by atoms with van der Waals surface area (Å²) in [6.45, 7) is 1.44. The van der Waals surface area contributed by atoms with Gasteiger partial charge in [0.2, 0.25) is 10.0 Å². The Morgan fingerprint density at radius 2 is 1.89 bits per heavy atom. The minimum absolute atomic E-state index is 0.168. The Morgan fingerprint density at radius 3 is 2.56 bits per heavy atom. The van der Waals surface area contributed by atoms with Gasteiger partial charge in [-0.05, 0) is 25.0 Å². The summed E-state index contributed by atoms with van der Waals surface area (Å²) in [7, 11) is 1.42. The van der Waals surface area contributed by atoms with E-state index in [0.29, 0.717) is 31.1 Å². The largest absolute Gasteiger partial charge is 0.496 e. The molecule has 1 aromatic carbocycles. The second-order valence-corrected chi connectivity index (χ2v) is 8.69. The molecule has 2 heterocycles. The number of aryl methyl sites for hydroxylation is 1. The van der Waals surface area contributed by atoms with E-state index >= 15 is 0 Å². The Morgan fingerprint density at radius 1 is 1.22 bits per heavy atom. The fraction of sp³-hybridized carbons (Fsp3) is 0.421. The van der Waals surface area contributed by atoms with Gasteiger partial charge >= 0.3 is 0 Å². The van der Waals surface area contributed by atoms with Crippen molar-refractivity contribution in [2.24, 2.45) is 7.05 Å². The third kappa shape index (κ3) is 3.86. The molecule has 1 aliphatic rings. The Labute approximate surface area is 160 Å². The fourth-order valence-electron chi connectivity index (χ4n) is 3.32. The zero-order valence-corrected chi connectivity index (χ0v) is 16.7. The van der Waals surface area contributed by atoms with Crippen molar-refractivity contribution in [2.45, 2.75) is 24.3 Å². The number of carbonyl (C=O) groups is 1. The van der Waals surface area contributed by atoms with E-state index in [1.807, 2.05) is 24.3 Å². The predicted octanol–water partition coefficient (Wildman–Crippen LogP) is 2.09. The summed E-state index contributed by atoms with van der Waals surface area (Å²) in [6, 6.07) is 8.97. The summed E-state index contributed by atoms with van der Waals surface area (Å²) >= 11 is 0. The van der Waals surface area contributed by atoms with E-state index in [9.17, 15) is 13.2 Å². The number of methoxy groups -OCH3 is 1. The van der Waals surface area contributed by atoms with E-state index in [2.05, 4.69) is 0 Å². The van der Waals surface area contributed by atoms with Gasteiger partial charge in [-0.1, -0.05) is 18.2 Å². The predicted molar refractivity (Wildman–Crippen MR) is 102 cm³/mol. The third-order valence-electron chi connectivity index (χ3n) is 4.85. The number of sulfonamides is 1. The monoisotopic (exact) mass is 391 g/mol. The van der Waals surface area contributed by atoms with Crippen molar-refractivity contribution in [3.8, 4) is 5.75 Å². The first-order valence-corrected chi connectivity index (χ1v) is 10.3. The minimum atomic E-state index is -3.55. The van der Waals surface area contributed by atoms with E-state index in [4.69, 9.17) is 4.74 Å². The van der Waals surface area contributed by atoms with Gasteiger partial charge < -0.3 is 14.2 Å². The Kier molecular flexibility index (Phi) is 5.57. The number of hydrogen-bond acceptors (Lipinski definition) is 4. The van der Waals surface area contributed by atoms with Gasteiger partial charge in [-0.2, -0.15) is 4.31 Å². The quantitative estimate of drug-likeness (QED) is 0.756. The molecule has 0 N–H and O–H groups in total. The summed E-state index contributed by atoms with van der Waals surface area (Å²) in [5, 5.41) is 0. The number of para-hydroxylation sites is 1. The molecule has 7 nitrogen and oxygen atoms in total. The molecule has 1 amide bonds. The normalized spacial score (nSPS) is 15.1. The van der Waals surface area contributed by atoms with Crippen LogP contribution < -0.4 is 4.74 Å². The Hall–Kier alpha value is -2.32. The molecule has 0 saturated carbocycles.